The number of alkyl halides is 2. The van der Waals surface area contributed by atoms with Crippen molar-refractivity contribution in [3.63, 3.8) is 0 Å². The number of halogens is 2. The topological polar surface area (TPSA) is 26.3 Å². The third-order valence-electron chi connectivity index (χ3n) is 0.827. The molecule has 1 aliphatic heterocycles. The lowest BCUT2D eigenvalue weighted by Gasteiger charge is -1.76. The van der Waals surface area contributed by atoms with Crippen molar-refractivity contribution in [1.82, 2.24) is 0 Å². The van der Waals surface area contributed by atoms with Gasteiger partial charge in [-0.05, 0) is 12.8 Å². The molecule has 0 aliphatic carbocycles. The first-order valence-electron chi connectivity index (χ1n) is 3.60. The zero-order valence-corrected chi connectivity index (χ0v) is 9.84. The maximum atomic E-state index is 9.56. The maximum Gasteiger partial charge on any atom is 0.0967 e. The molecular weight excluding hydrogens is 219 g/mol. The van der Waals surface area contributed by atoms with Crippen molar-refractivity contribution in [3.05, 3.63) is 0 Å². The van der Waals surface area contributed by atoms with E-state index in [1.54, 1.807) is 12.5 Å². The molecule has 0 aromatic carbocycles. The van der Waals surface area contributed by atoms with Gasteiger partial charge in [-0.1, -0.05) is 0 Å². The lowest BCUT2D eigenvalue weighted by atomic mass is 10.4. The van der Waals surface area contributed by atoms with Crippen molar-refractivity contribution >= 4 is 34.0 Å². The molecule has 0 spiro atoms. The zero-order chi connectivity index (χ0) is 9.82. The Balaban J connectivity index is 0. The average Bonchev–Trinajstić information content (AvgIpc) is 2.40. The Morgan fingerprint density at radius 3 is 1.58 bits per heavy atom. The average molecular weight is 235 g/mol. The standard InChI is InChI=1S/C4H8O.C2H6OS.CH2Cl2/c1-2-4-5-3-1;1-4(2)3;2-1-3/h1-4H2;1-2H3;1H2. The highest BCUT2D eigenvalue weighted by Gasteiger charge is 1.94. The van der Waals surface area contributed by atoms with Crippen LogP contribution in [0.3, 0.4) is 0 Å². The molecule has 5 heteroatoms. The highest BCUT2D eigenvalue weighted by Crippen LogP contribution is 1.98. The minimum Gasteiger partial charge on any atom is -0.381 e. The Morgan fingerprint density at radius 2 is 1.50 bits per heavy atom. The smallest absolute Gasteiger partial charge is 0.0967 e. The van der Waals surface area contributed by atoms with Crippen molar-refractivity contribution in [1.29, 1.82) is 0 Å². The highest BCUT2D eigenvalue weighted by atomic mass is 35.5. The molecule has 0 aromatic heterocycles. The number of hydrogen-bond acceptors (Lipinski definition) is 2. The summed E-state index contributed by atoms with van der Waals surface area (Å²) in [4.78, 5) is 0. The molecule has 0 N–H and O–H groups in total. The minimum absolute atomic E-state index is 0.194. The van der Waals surface area contributed by atoms with Crippen LogP contribution in [0.15, 0.2) is 0 Å². The molecule has 0 saturated carbocycles. The van der Waals surface area contributed by atoms with Gasteiger partial charge < -0.3 is 4.74 Å². The Kier molecular flexibility index (Phi) is 18.0. The van der Waals surface area contributed by atoms with Gasteiger partial charge >= 0.3 is 0 Å². The van der Waals surface area contributed by atoms with Crippen LogP contribution < -0.4 is 0 Å². The van der Waals surface area contributed by atoms with Crippen LogP contribution in [0.25, 0.3) is 0 Å². The molecule has 1 rings (SSSR count). The minimum atomic E-state index is -0.611. The number of rotatable bonds is 0. The second-order valence-electron chi connectivity index (χ2n) is 2.16. The number of ether oxygens (including phenoxy) is 1. The van der Waals surface area contributed by atoms with Gasteiger partial charge in [-0.2, -0.15) is 0 Å². The van der Waals surface area contributed by atoms with Gasteiger partial charge in [0.15, 0.2) is 0 Å². The quantitative estimate of drug-likeness (QED) is 0.602. The predicted molar refractivity (Wildman–Crippen MR) is 56.6 cm³/mol. The first-order chi connectivity index (χ1) is 5.65. The normalized spacial score (nSPS) is 14.4. The van der Waals surface area contributed by atoms with Crippen molar-refractivity contribution in [3.8, 4) is 0 Å². The number of hydrogen-bond donors (Lipinski definition) is 0. The molecule has 1 saturated heterocycles. The van der Waals surface area contributed by atoms with Crippen molar-refractivity contribution in [2.75, 3.05) is 31.1 Å². The fourth-order valence-corrected chi connectivity index (χ4v) is 0.510. The van der Waals surface area contributed by atoms with Crippen LogP contribution >= 0.6 is 23.2 Å². The SMILES string of the molecule is C1CCOC1.CS(C)=O.ClCCl. The third kappa shape index (κ3) is 31.0. The van der Waals surface area contributed by atoms with Gasteiger partial charge in [0.1, 0.15) is 0 Å². The molecule has 12 heavy (non-hydrogen) atoms. The van der Waals surface area contributed by atoms with E-state index in [2.05, 4.69) is 0 Å². The molecule has 0 unspecified atom stereocenters. The predicted octanol–water partition coefficient (Wildman–Crippen LogP) is 2.21. The molecule has 1 heterocycles. The van der Waals surface area contributed by atoms with Crippen LogP contribution in [0.2, 0.25) is 0 Å². The third-order valence-corrected chi connectivity index (χ3v) is 0.827. The van der Waals surface area contributed by atoms with Crippen LogP contribution in [0.4, 0.5) is 0 Å². The van der Waals surface area contributed by atoms with Gasteiger partial charge in [-0.15, -0.1) is 23.2 Å². The van der Waals surface area contributed by atoms with E-state index >= 15 is 0 Å². The molecule has 1 fully saturated rings. The highest BCUT2D eigenvalue weighted by molar-refractivity contribution is 7.83. The second kappa shape index (κ2) is 14.2. The molecular formula is C7H16Cl2O2S. The summed E-state index contributed by atoms with van der Waals surface area (Å²) in [6.45, 7) is 2.00. The zero-order valence-electron chi connectivity index (χ0n) is 7.52. The summed E-state index contributed by atoms with van der Waals surface area (Å²) in [5.41, 5.74) is 0. The summed E-state index contributed by atoms with van der Waals surface area (Å²) in [6.07, 6.45) is 5.83. The van der Waals surface area contributed by atoms with Crippen LogP contribution in [0.1, 0.15) is 12.8 Å². The Bertz CT molecular complexity index is 85.8. The van der Waals surface area contributed by atoms with E-state index in [1.165, 1.54) is 12.8 Å². The molecule has 0 radical (unpaired) electrons. The lowest BCUT2D eigenvalue weighted by molar-refractivity contribution is 0.198. The van der Waals surface area contributed by atoms with E-state index < -0.39 is 10.8 Å². The molecule has 0 atom stereocenters. The summed E-state index contributed by atoms with van der Waals surface area (Å²) in [5, 5.41) is 0.194. The van der Waals surface area contributed by atoms with Gasteiger partial charge in [0, 0.05) is 36.5 Å². The summed E-state index contributed by atoms with van der Waals surface area (Å²) in [5.74, 6) is 0. The second-order valence-corrected chi connectivity index (χ2v) is 4.45. The van der Waals surface area contributed by atoms with Crippen LogP contribution in [0.5, 0.6) is 0 Å². The van der Waals surface area contributed by atoms with Gasteiger partial charge in [0.05, 0.1) is 5.34 Å². The molecule has 0 aromatic rings. The van der Waals surface area contributed by atoms with Crippen molar-refractivity contribution < 1.29 is 8.95 Å². The van der Waals surface area contributed by atoms with Gasteiger partial charge in [-0.25, -0.2) is 0 Å². The Hall–Kier alpha value is 0.690. The first-order valence-corrected chi connectivity index (χ1v) is 6.63. The Labute approximate surface area is 87.0 Å². The van der Waals surface area contributed by atoms with Gasteiger partial charge in [0.2, 0.25) is 0 Å². The molecule has 76 valence electrons. The summed E-state index contributed by atoms with van der Waals surface area (Å²) >= 11 is 9.53. The van der Waals surface area contributed by atoms with E-state index in [-0.39, 0.29) is 5.34 Å². The molecule has 1 aliphatic rings. The van der Waals surface area contributed by atoms with E-state index in [0.717, 1.165) is 13.2 Å². The molecule has 0 bridgehead atoms. The van der Waals surface area contributed by atoms with Crippen molar-refractivity contribution in [2.24, 2.45) is 0 Å². The van der Waals surface area contributed by atoms with Crippen LogP contribution in [0, 0.1) is 0 Å². The fraction of sp³-hybridized carbons (Fsp3) is 1.00. The van der Waals surface area contributed by atoms with Gasteiger partial charge in [-0.3, -0.25) is 4.21 Å². The lowest BCUT2D eigenvalue weighted by Crippen LogP contribution is -1.74. The van der Waals surface area contributed by atoms with E-state index in [9.17, 15) is 4.21 Å². The largest absolute Gasteiger partial charge is 0.381 e. The van der Waals surface area contributed by atoms with Crippen molar-refractivity contribution in [2.45, 2.75) is 12.8 Å². The molecule has 2 nitrogen and oxygen atoms in total. The summed E-state index contributed by atoms with van der Waals surface area (Å²) in [7, 11) is -0.611. The van der Waals surface area contributed by atoms with E-state index in [1.807, 2.05) is 0 Å². The Morgan fingerprint density at radius 1 is 1.25 bits per heavy atom. The first kappa shape index (κ1) is 15.2. The van der Waals surface area contributed by atoms with Crippen LogP contribution in [-0.4, -0.2) is 35.3 Å². The molecule has 0 amide bonds. The summed E-state index contributed by atoms with van der Waals surface area (Å²) < 4.78 is 14.5. The fourth-order valence-electron chi connectivity index (χ4n) is 0.510. The van der Waals surface area contributed by atoms with Crippen LogP contribution in [-0.2, 0) is 15.5 Å². The van der Waals surface area contributed by atoms with E-state index in [4.69, 9.17) is 27.9 Å². The van der Waals surface area contributed by atoms with Gasteiger partial charge in [0.25, 0.3) is 0 Å². The van der Waals surface area contributed by atoms with E-state index in [0.29, 0.717) is 0 Å². The monoisotopic (exact) mass is 234 g/mol. The summed E-state index contributed by atoms with van der Waals surface area (Å²) in [6, 6.07) is 0. The maximum absolute atomic E-state index is 9.56.